The Balaban J connectivity index is 1.47. The average molecular weight is 561 g/mol. The van der Waals surface area contributed by atoms with E-state index in [9.17, 15) is 4.79 Å². The van der Waals surface area contributed by atoms with Crippen LogP contribution in [0.15, 0.2) is 54.7 Å². The topological polar surface area (TPSA) is 50.6 Å². The highest BCUT2D eigenvalue weighted by Gasteiger charge is 2.47. The molecule has 3 aromatic rings. The van der Waals surface area contributed by atoms with Gasteiger partial charge in [0.25, 0.3) is 0 Å². The third kappa shape index (κ3) is 5.35. The van der Waals surface area contributed by atoms with E-state index in [1.54, 1.807) is 0 Å². The largest absolute Gasteiger partial charge is 0.381 e. The van der Waals surface area contributed by atoms with Gasteiger partial charge in [0.1, 0.15) is 6.04 Å². The summed E-state index contributed by atoms with van der Waals surface area (Å²) in [6, 6.07) is 17.0. The molecule has 0 spiro atoms. The fraction of sp³-hybridized carbons (Fsp3) is 0.576. The Morgan fingerprint density at radius 2 is 1.60 bits per heavy atom. The molecule has 40 heavy (non-hydrogen) atoms. The van der Waals surface area contributed by atoms with Gasteiger partial charge < -0.3 is 14.5 Å². The van der Waals surface area contributed by atoms with Gasteiger partial charge >= 0.3 is 0 Å². The zero-order valence-electron chi connectivity index (χ0n) is 25.3. The van der Waals surface area contributed by atoms with E-state index >= 15 is 0 Å². The maximum absolute atomic E-state index is 14.1. The number of amides is 1. The van der Waals surface area contributed by atoms with E-state index in [-0.39, 0.29) is 11.9 Å². The van der Waals surface area contributed by atoms with E-state index < -0.39 is 8.24 Å². The lowest BCUT2D eigenvalue weighted by Crippen LogP contribution is -2.57. The van der Waals surface area contributed by atoms with Gasteiger partial charge in [-0.1, -0.05) is 71.9 Å². The summed E-state index contributed by atoms with van der Waals surface area (Å²) in [6.45, 7) is 18.2. The molecule has 0 N–H and O–H groups in total. The predicted molar refractivity (Wildman–Crippen MR) is 167 cm³/mol. The van der Waals surface area contributed by atoms with Crippen LogP contribution in [-0.4, -0.2) is 60.8 Å². The van der Waals surface area contributed by atoms with Crippen LogP contribution >= 0.6 is 0 Å². The molecular weight excluding hydrogens is 512 g/mol. The van der Waals surface area contributed by atoms with Gasteiger partial charge in [0.05, 0.1) is 11.7 Å². The Labute approximate surface area is 241 Å². The molecule has 0 saturated carbocycles. The number of ether oxygens (including phenoxy) is 1. The van der Waals surface area contributed by atoms with Crippen LogP contribution in [0.4, 0.5) is 5.69 Å². The second-order valence-electron chi connectivity index (χ2n) is 12.9. The predicted octanol–water partition coefficient (Wildman–Crippen LogP) is 7.09. The zero-order valence-corrected chi connectivity index (χ0v) is 26.3. The van der Waals surface area contributed by atoms with Crippen molar-refractivity contribution in [3.05, 3.63) is 60.3 Å². The number of piperazine rings is 1. The van der Waals surface area contributed by atoms with Crippen LogP contribution < -0.4 is 4.90 Å². The highest BCUT2D eigenvalue weighted by molar-refractivity contribution is 6.82. The van der Waals surface area contributed by atoms with Gasteiger partial charge in [-0.05, 0) is 65.6 Å². The molecule has 216 valence electrons. The number of carbonyl (C=O) groups excluding carboxylic acids is 1. The number of hydrogen-bond donors (Lipinski definition) is 0. The molecule has 5 rings (SSSR count). The molecule has 1 atom stereocenters. The number of nitrogens with zero attached hydrogens (tertiary/aromatic N) is 4. The van der Waals surface area contributed by atoms with Crippen molar-refractivity contribution in [2.45, 2.75) is 90.0 Å². The Morgan fingerprint density at radius 1 is 0.925 bits per heavy atom. The van der Waals surface area contributed by atoms with Crippen LogP contribution in [0.2, 0.25) is 16.6 Å². The lowest BCUT2D eigenvalue weighted by atomic mass is 9.90. The standard InChI is InChI=1S/C33H48N4O2Si/c1-24(2)40(25(3)4,26(5)6)37-31-13-12-30(21-29(31)22-34-37)36-17-16-35(23-28-10-8-7-9-11-28)33(38)32(36)20-27-14-18-39-19-15-27/h7-13,21-22,24-27,32H,14-20,23H2,1-6H3. The Kier molecular flexibility index (Phi) is 8.71. The molecule has 2 aromatic carbocycles. The highest BCUT2D eigenvalue weighted by Crippen LogP contribution is 2.44. The molecule has 1 unspecified atom stereocenters. The molecule has 2 aliphatic heterocycles. The third-order valence-corrected chi connectivity index (χ3v) is 16.4. The maximum Gasteiger partial charge on any atom is 0.245 e. The molecule has 0 bridgehead atoms. The number of anilines is 1. The van der Waals surface area contributed by atoms with Crippen LogP contribution in [-0.2, 0) is 16.1 Å². The SMILES string of the molecule is CC(C)[Si](C(C)C)(C(C)C)n1ncc2cc(N3CCN(Cc4ccccc4)C(=O)C3CC3CCOCC3)ccc21. The van der Waals surface area contributed by atoms with E-state index in [4.69, 9.17) is 9.84 Å². The van der Waals surface area contributed by atoms with E-state index in [2.05, 4.69) is 104 Å². The monoisotopic (exact) mass is 560 g/mol. The summed E-state index contributed by atoms with van der Waals surface area (Å²) >= 11 is 0. The first-order valence-electron chi connectivity index (χ1n) is 15.4. The number of rotatable bonds is 9. The van der Waals surface area contributed by atoms with Crippen molar-refractivity contribution in [1.82, 2.24) is 14.3 Å². The molecule has 2 fully saturated rings. The zero-order chi connectivity index (χ0) is 28.4. The quantitative estimate of drug-likeness (QED) is 0.262. The summed E-state index contributed by atoms with van der Waals surface area (Å²) in [5.41, 5.74) is 5.30. The second kappa shape index (κ2) is 12.1. The van der Waals surface area contributed by atoms with Crippen molar-refractivity contribution < 1.29 is 9.53 Å². The highest BCUT2D eigenvalue weighted by atomic mass is 28.3. The maximum atomic E-state index is 14.1. The molecule has 2 aliphatic rings. The van der Waals surface area contributed by atoms with Gasteiger partial charge in [0, 0.05) is 43.9 Å². The first-order chi connectivity index (χ1) is 19.2. The molecule has 7 heteroatoms. The van der Waals surface area contributed by atoms with Crippen LogP contribution in [0.5, 0.6) is 0 Å². The molecule has 0 radical (unpaired) electrons. The van der Waals surface area contributed by atoms with Crippen molar-refractivity contribution in [3.8, 4) is 0 Å². The number of benzene rings is 2. The van der Waals surface area contributed by atoms with Crippen molar-refractivity contribution in [1.29, 1.82) is 0 Å². The molecule has 2 saturated heterocycles. The van der Waals surface area contributed by atoms with Crippen LogP contribution in [0, 0.1) is 5.92 Å². The van der Waals surface area contributed by atoms with Crippen molar-refractivity contribution >= 4 is 30.7 Å². The van der Waals surface area contributed by atoms with Gasteiger partial charge in [-0.3, -0.25) is 9.14 Å². The Morgan fingerprint density at radius 3 is 2.25 bits per heavy atom. The molecule has 6 nitrogen and oxygen atoms in total. The summed E-state index contributed by atoms with van der Waals surface area (Å²) < 4.78 is 8.08. The van der Waals surface area contributed by atoms with Crippen LogP contribution in [0.1, 0.15) is 66.4 Å². The molecule has 1 amide bonds. The van der Waals surface area contributed by atoms with Crippen LogP contribution in [0.25, 0.3) is 10.9 Å². The number of fused-ring (bicyclic) bond motifs is 1. The smallest absolute Gasteiger partial charge is 0.245 e. The molecule has 1 aromatic heterocycles. The first-order valence-corrected chi connectivity index (χ1v) is 17.6. The van der Waals surface area contributed by atoms with E-state index in [0.29, 0.717) is 29.1 Å². The van der Waals surface area contributed by atoms with Gasteiger partial charge in [-0.15, -0.1) is 0 Å². The summed E-state index contributed by atoms with van der Waals surface area (Å²) in [7, 11) is -1.95. The van der Waals surface area contributed by atoms with Gasteiger partial charge in [0.2, 0.25) is 5.91 Å². The molecular formula is C33H48N4O2Si. The van der Waals surface area contributed by atoms with E-state index in [1.165, 1.54) is 16.5 Å². The van der Waals surface area contributed by atoms with Crippen molar-refractivity contribution in [3.63, 3.8) is 0 Å². The minimum atomic E-state index is -1.95. The average Bonchev–Trinajstić information content (AvgIpc) is 3.35. The second-order valence-corrected chi connectivity index (χ2v) is 18.6. The Bertz CT molecular complexity index is 1260. The van der Waals surface area contributed by atoms with E-state index in [1.807, 2.05) is 6.07 Å². The number of carbonyl (C=O) groups is 1. The molecule has 3 heterocycles. The summed E-state index contributed by atoms with van der Waals surface area (Å²) in [5.74, 6) is 0.770. The van der Waals surface area contributed by atoms with E-state index in [0.717, 1.165) is 51.3 Å². The fourth-order valence-corrected chi connectivity index (χ4v) is 14.2. The summed E-state index contributed by atoms with van der Waals surface area (Å²) in [5, 5.41) is 6.26. The van der Waals surface area contributed by atoms with Gasteiger partial charge in [-0.25, -0.2) is 0 Å². The first kappa shape index (κ1) is 28.9. The minimum absolute atomic E-state index is 0.150. The normalized spacial score (nSPS) is 19.5. The number of aromatic nitrogens is 2. The summed E-state index contributed by atoms with van der Waals surface area (Å²) in [4.78, 5) is 18.5. The van der Waals surface area contributed by atoms with Crippen LogP contribution in [0.3, 0.4) is 0 Å². The molecule has 0 aliphatic carbocycles. The van der Waals surface area contributed by atoms with Gasteiger partial charge in [-0.2, -0.15) is 5.10 Å². The lowest BCUT2D eigenvalue weighted by molar-refractivity contribution is -0.135. The van der Waals surface area contributed by atoms with Crippen molar-refractivity contribution in [2.75, 3.05) is 31.2 Å². The third-order valence-electron chi connectivity index (χ3n) is 9.72. The summed E-state index contributed by atoms with van der Waals surface area (Å²) in [6.07, 6.45) is 5.02. The lowest BCUT2D eigenvalue weighted by Gasteiger charge is -2.44. The minimum Gasteiger partial charge on any atom is -0.381 e. The Hall–Kier alpha value is -2.64. The van der Waals surface area contributed by atoms with Gasteiger partial charge in [0.15, 0.2) is 8.24 Å². The van der Waals surface area contributed by atoms with Crippen molar-refractivity contribution in [2.24, 2.45) is 5.92 Å². The number of hydrogen-bond acceptors (Lipinski definition) is 4. The fourth-order valence-electron chi connectivity index (χ4n) is 7.88.